The van der Waals surface area contributed by atoms with Gasteiger partial charge in [0.1, 0.15) is 16.7 Å². The van der Waals surface area contributed by atoms with E-state index in [9.17, 15) is 21.6 Å². The van der Waals surface area contributed by atoms with Gasteiger partial charge in [0.15, 0.2) is 0 Å². The molecular weight excluding hydrogens is 470 g/mol. The summed E-state index contributed by atoms with van der Waals surface area (Å²) in [6.45, 7) is 0.984. The molecule has 1 fully saturated rings. The lowest BCUT2D eigenvalue weighted by atomic mass is 10.1. The fourth-order valence-corrected chi connectivity index (χ4v) is 5.64. The highest BCUT2D eigenvalue weighted by Gasteiger charge is 2.32. The molecule has 10 nitrogen and oxygen atoms in total. The molecule has 1 saturated heterocycles. The fourth-order valence-electron chi connectivity index (χ4n) is 3.45. The Kier molecular flexibility index (Phi) is 7.75. The maximum absolute atomic E-state index is 13.2. The molecule has 0 aliphatic carbocycles. The number of carbonyl (C=O) groups excluding carboxylic acids is 1. The summed E-state index contributed by atoms with van der Waals surface area (Å²) in [5, 5.41) is 2.65. The van der Waals surface area contributed by atoms with Gasteiger partial charge in [-0.3, -0.25) is 4.79 Å². The van der Waals surface area contributed by atoms with Gasteiger partial charge >= 0.3 is 0 Å². The van der Waals surface area contributed by atoms with Crippen LogP contribution in [-0.2, 0) is 29.6 Å². The number of sulfonamides is 2. The van der Waals surface area contributed by atoms with Gasteiger partial charge in [-0.1, -0.05) is 30.3 Å². The van der Waals surface area contributed by atoms with Gasteiger partial charge in [-0.2, -0.15) is 8.61 Å². The van der Waals surface area contributed by atoms with Gasteiger partial charge in [0, 0.05) is 25.8 Å². The largest absolute Gasteiger partial charge is 0.495 e. The molecule has 1 aliphatic rings. The van der Waals surface area contributed by atoms with Crippen LogP contribution >= 0.6 is 0 Å². The van der Waals surface area contributed by atoms with E-state index in [2.05, 4.69) is 5.32 Å². The first-order valence-electron chi connectivity index (χ1n) is 10.1. The summed E-state index contributed by atoms with van der Waals surface area (Å²) in [6.07, 6.45) is 1.01. The maximum Gasteiger partial charge on any atom is 0.247 e. The van der Waals surface area contributed by atoms with Crippen LogP contribution < -0.4 is 10.1 Å². The molecule has 1 amide bonds. The summed E-state index contributed by atoms with van der Waals surface area (Å²) in [5.74, 6) is -0.499. The number of amides is 1. The normalized spacial score (nSPS) is 16.4. The fraction of sp³-hybridized carbons (Fsp3) is 0.381. The number of rotatable bonds is 8. The van der Waals surface area contributed by atoms with Crippen molar-refractivity contribution in [2.24, 2.45) is 0 Å². The molecule has 1 aliphatic heterocycles. The van der Waals surface area contributed by atoms with E-state index in [1.165, 1.54) is 36.7 Å². The lowest BCUT2D eigenvalue weighted by molar-refractivity contribution is -0.119. The van der Waals surface area contributed by atoms with Crippen molar-refractivity contribution in [3.8, 4) is 5.75 Å². The Morgan fingerprint density at radius 3 is 2.30 bits per heavy atom. The van der Waals surface area contributed by atoms with Gasteiger partial charge in [0.2, 0.25) is 26.0 Å². The van der Waals surface area contributed by atoms with Gasteiger partial charge in [0.05, 0.1) is 26.6 Å². The monoisotopic (exact) mass is 497 g/mol. The Labute approximate surface area is 194 Å². The van der Waals surface area contributed by atoms with Crippen molar-refractivity contribution in [2.75, 3.05) is 52.0 Å². The molecule has 2 aromatic rings. The smallest absolute Gasteiger partial charge is 0.247 e. The summed E-state index contributed by atoms with van der Waals surface area (Å²) in [6, 6.07) is 11.6. The molecular formula is C21H27N3O7S2. The zero-order valence-electron chi connectivity index (χ0n) is 18.6. The number of carbonyl (C=O) groups is 1. The quantitative estimate of drug-likeness (QED) is 0.583. The molecule has 12 heteroatoms. The number of methoxy groups -OCH3 is 1. The highest BCUT2D eigenvalue weighted by Crippen LogP contribution is 2.31. The second-order valence-corrected chi connectivity index (χ2v) is 11.4. The number of likely N-dealkylation sites (N-methyl/N-ethyl adjacent to an activating group) is 1. The lowest BCUT2D eigenvalue weighted by Gasteiger charge is -2.27. The first kappa shape index (κ1) is 25.1. The van der Waals surface area contributed by atoms with Crippen molar-refractivity contribution < 1.29 is 31.1 Å². The third-order valence-corrected chi connectivity index (χ3v) is 8.45. The number of hydrogen-bond acceptors (Lipinski definition) is 7. The van der Waals surface area contributed by atoms with Crippen molar-refractivity contribution in [1.82, 2.24) is 8.61 Å². The molecule has 1 N–H and O–H groups in total. The topological polar surface area (TPSA) is 122 Å². The minimum Gasteiger partial charge on any atom is -0.495 e. The zero-order valence-corrected chi connectivity index (χ0v) is 20.2. The van der Waals surface area contributed by atoms with Gasteiger partial charge < -0.3 is 14.8 Å². The molecule has 2 aromatic carbocycles. The van der Waals surface area contributed by atoms with Crippen LogP contribution in [0.15, 0.2) is 53.4 Å². The molecule has 0 aromatic heterocycles. The Morgan fingerprint density at radius 2 is 1.73 bits per heavy atom. The SMILES string of the molecule is COc1ccc(NC(=O)[C@H](c2ccccc2)N(C)S(C)(=O)=O)cc1S(=O)(=O)N1CCOCC1. The van der Waals surface area contributed by atoms with Crippen LogP contribution in [0.5, 0.6) is 5.75 Å². The van der Waals surface area contributed by atoms with E-state index in [1.54, 1.807) is 30.3 Å². The van der Waals surface area contributed by atoms with Crippen molar-refractivity contribution in [1.29, 1.82) is 0 Å². The average molecular weight is 498 g/mol. The highest BCUT2D eigenvalue weighted by molar-refractivity contribution is 7.89. The highest BCUT2D eigenvalue weighted by atomic mass is 32.2. The van der Waals surface area contributed by atoms with Gasteiger partial charge in [-0.25, -0.2) is 16.8 Å². The number of nitrogens with one attached hydrogen (secondary N) is 1. The summed E-state index contributed by atoms with van der Waals surface area (Å²) in [7, 11) is -4.94. The number of ether oxygens (including phenoxy) is 2. The molecule has 3 rings (SSSR count). The van der Waals surface area contributed by atoms with E-state index in [4.69, 9.17) is 9.47 Å². The Bertz CT molecular complexity index is 1200. The Hall–Kier alpha value is -2.51. The predicted octanol–water partition coefficient (Wildman–Crippen LogP) is 1.29. The van der Waals surface area contributed by atoms with Crippen molar-refractivity contribution in [3.05, 3.63) is 54.1 Å². The molecule has 1 atom stereocenters. The van der Waals surface area contributed by atoms with Crippen molar-refractivity contribution in [2.45, 2.75) is 10.9 Å². The van der Waals surface area contributed by atoms with Gasteiger partial charge in [0.25, 0.3) is 0 Å². The summed E-state index contributed by atoms with van der Waals surface area (Å²) >= 11 is 0. The van der Waals surface area contributed by atoms with Crippen LogP contribution in [0.25, 0.3) is 0 Å². The number of benzene rings is 2. The van der Waals surface area contributed by atoms with Gasteiger partial charge in [-0.05, 0) is 23.8 Å². The molecule has 0 spiro atoms. The van der Waals surface area contributed by atoms with E-state index in [0.29, 0.717) is 5.56 Å². The molecule has 0 radical (unpaired) electrons. The second-order valence-electron chi connectivity index (χ2n) is 7.46. The van der Waals surface area contributed by atoms with Crippen molar-refractivity contribution in [3.63, 3.8) is 0 Å². The molecule has 0 saturated carbocycles. The number of nitrogens with zero attached hydrogens (tertiary/aromatic N) is 2. The third-order valence-electron chi connectivity index (χ3n) is 5.27. The molecule has 0 unspecified atom stereocenters. The van der Waals surface area contributed by atoms with E-state index in [1.807, 2.05) is 0 Å². The minimum absolute atomic E-state index is 0.0996. The van der Waals surface area contributed by atoms with Crippen LogP contribution in [0.3, 0.4) is 0 Å². The Balaban J connectivity index is 1.96. The number of anilines is 1. The minimum atomic E-state index is -3.90. The van der Waals surface area contributed by atoms with E-state index in [-0.39, 0.29) is 42.6 Å². The zero-order chi connectivity index (χ0) is 24.2. The Morgan fingerprint density at radius 1 is 1.09 bits per heavy atom. The van der Waals surface area contributed by atoms with E-state index >= 15 is 0 Å². The summed E-state index contributed by atoms with van der Waals surface area (Å²) in [4.78, 5) is 13.1. The maximum atomic E-state index is 13.2. The molecule has 1 heterocycles. The molecule has 33 heavy (non-hydrogen) atoms. The van der Waals surface area contributed by atoms with Crippen LogP contribution in [0.1, 0.15) is 11.6 Å². The van der Waals surface area contributed by atoms with E-state index < -0.39 is 32.0 Å². The first-order valence-corrected chi connectivity index (χ1v) is 13.4. The predicted molar refractivity (Wildman–Crippen MR) is 123 cm³/mol. The van der Waals surface area contributed by atoms with Crippen molar-refractivity contribution >= 4 is 31.6 Å². The summed E-state index contributed by atoms with van der Waals surface area (Å²) in [5.41, 5.74) is 0.660. The summed E-state index contributed by atoms with van der Waals surface area (Å²) < 4.78 is 63.5. The number of hydrogen-bond donors (Lipinski definition) is 1. The average Bonchev–Trinajstić information content (AvgIpc) is 2.80. The molecule has 0 bridgehead atoms. The van der Waals surface area contributed by atoms with Crippen LogP contribution in [0.2, 0.25) is 0 Å². The van der Waals surface area contributed by atoms with Gasteiger partial charge in [-0.15, -0.1) is 0 Å². The van der Waals surface area contributed by atoms with Crippen LogP contribution in [-0.4, -0.2) is 78.1 Å². The molecule has 180 valence electrons. The van der Waals surface area contributed by atoms with E-state index in [0.717, 1.165) is 10.6 Å². The third kappa shape index (κ3) is 5.71. The number of morpholine rings is 1. The first-order chi connectivity index (χ1) is 15.6. The second kappa shape index (κ2) is 10.2. The lowest BCUT2D eigenvalue weighted by Crippen LogP contribution is -2.40. The van der Waals surface area contributed by atoms with Crippen LogP contribution in [0, 0.1) is 0 Å². The van der Waals surface area contributed by atoms with Crippen LogP contribution in [0.4, 0.5) is 5.69 Å². The standard InChI is InChI=1S/C21H27N3O7S2/c1-23(32(3,26)27)20(16-7-5-4-6-8-16)21(25)22-17-9-10-18(30-2)19(15-17)33(28,29)24-11-13-31-14-12-24/h4-10,15,20H,11-14H2,1-3H3,(H,22,25)/t20-/m0/s1.